The first-order chi connectivity index (χ1) is 6.04. The van der Waals surface area contributed by atoms with Crippen LogP contribution in [0.4, 0.5) is 0 Å². The molecule has 1 unspecified atom stereocenters. The first kappa shape index (κ1) is 10.0. The van der Waals surface area contributed by atoms with Crippen LogP contribution in [0.15, 0.2) is 0 Å². The van der Waals surface area contributed by atoms with Crippen LogP contribution >= 0.6 is 0 Å². The molecule has 1 heterocycles. The average molecular weight is 184 g/mol. The summed E-state index contributed by atoms with van der Waals surface area (Å²) >= 11 is 0. The molecule has 2 amide bonds. The lowest BCUT2D eigenvalue weighted by atomic mass is 10.1. The van der Waals surface area contributed by atoms with Gasteiger partial charge < -0.3 is 10.6 Å². The van der Waals surface area contributed by atoms with E-state index in [2.05, 4.69) is 0 Å². The molecular weight excluding hydrogens is 168 g/mol. The smallest absolute Gasteiger partial charge is 0.240 e. The minimum absolute atomic E-state index is 0.0290. The lowest BCUT2D eigenvalue weighted by molar-refractivity contribution is -0.139. The maximum atomic E-state index is 11.6. The highest BCUT2D eigenvalue weighted by Gasteiger charge is 2.33. The molecule has 0 aliphatic carbocycles. The molecule has 0 spiro atoms. The van der Waals surface area contributed by atoms with E-state index in [4.69, 9.17) is 5.73 Å². The molecule has 74 valence electrons. The Balaban J connectivity index is 2.68. The third-order valence-corrected chi connectivity index (χ3v) is 2.36. The number of amides is 2. The summed E-state index contributed by atoms with van der Waals surface area (Å²) in [7, 11) is 0. The van der Waals surface area contributed by atoms with Crippen molar-refractivity contribution in [2.75, 3.05) is 6.54 Å². The lowest BCUT2D eigenvalue weighted by Crippen LogP contribution is -2.45. The van der Waals surface area contributed by atoms with Crippen LogP contribution in [0.5, 0.6) is 0 Å². The molecule has 4 nitrogen and oxygen atoms in total. The monoisotopic (exact) mass is 184 g/mol. The van der Waals surface area contributed by atoms with Crippen LogP contribution in [-0.4, -0.2) is 29.3 Å². The topological polar surface area (TPSA) is 63.4 Å². The highest BCUT2D eigenvalue weighted by molar-refractivity contribution is 5.87. The molecule has 1 fully saturated rings. The van der Waals surface area contributed by atoms with Crippen LogP contribution in [-0.2, 0) is 9.59 Å². The predicted molar refractivity (Wildman–Crippen MR) is 48.8 cm³/mol. The van der Waals surface area contributed by atoms with Gasteiger partial charge in [-0.05, 0) is 12.8 Å². The van der Waals surface area contributed by atoms with Crippen LogP contribution in [0.3, 0.4) is 0 Å². The number of carbonyl (C=O) groups is 2. The third kappa shape index (κ3) is 1.99. The first-order valence-electron chi connectivity index (χ1n) is 4.64. The van der Waals surface area contributed by atoms with Crippen LogP contribution in [0.2, 0.25) is 0 Å². The molecule has 0 saturated carbocycles. The van der Waals surface area contributed by atoms with Crippen molar-refractivity contribution < 1.29 is 9.59 Å². The van der Waals surface area contributed by atoms with Gasteiger partial charge in [-0.15, -0.1) is 0 Å². The van der Waals surface area contributed by atoms with Crippen molar-refractivity contribution in [1.29, 1.82) is 0 Å². The molecule has 0 bridgehead atoms. The van der Waals surface area contributed by atoms with Crippen molar-refractivity contribution in [3.63, 3.8) is 0 Å². The summed E-state index contributed by atoms with van der Waals surface area (Å²) < 4.78 is 0. The summed E-state index contributed by atoms with van der Waals surface area (Å²) in [6, 6.07) is -0.366. The van der Waals surface area contributed by atoms with Crippen molar-refractivity contribution in [3.8, 4) is 0 Å². The molecule has 1 aliphatic heterocycles. The Morgan fingerprint density at radius 1 is 1.46 bits per heavy atom. The van der Waals surface area contributed by atoms with Crippen molar-refractivity contribution in [3.05, 3.63) is 0 Å². The fourth-order valence-electron chi connectivity index (χ4n) is 1.66. The van der Waals surface area contributed by atoms with Crippen molar-refractivity contribution in [2.24, 2.45) is 11.7 Å². The van der Waals surface area contributed by atoms with E-state index in [1.807, 2.05) is 13.8 Å². The molecule has 13 heavy (non-hydrogen) atoms. The van der Waals surface area contributed by atoms with Crippen molar-refractivity contribution >= 4 is 11.8 Å². The minimum atomic E-state index is -0.383. The molecule has 1 aliphatic rings. The number of hydrogen-bond donors (Lipinski definition) is 1. The van der Waals surface area contributed by atoms with Gasteiger partial charge in [-0.25, -0.2) is 0 Å². The number of primary amides is 1. The Morgan fingerprint density at radius 2 is 2.08 bits per heavy atom. The summed E-state index contributed by atoms with van der Waals surface area (Å²) in [6.45, 7) is 4.34. The summed E-state index contributed by atoms with van der Waals surface area (Å²) in [5.41, 5.74) is 5.19. The van der Waals surface area contributed by atoms with Gasteiger partial charge in [0.15, 0.2) is 0 Å². The summed E-state index contributed by atoms with van der Waals surface area (Å²) in [4.78, 5) is 24.1. The van der Waals surface area contributed by atoms with Crippen LogP contribution < -0.4 is 5.73 Å². The van der Waals surface area contributed by atoms with E-state index in [9.17, 15) is 9.59 Å². The fraction of sp³-hybridized carbons (Fsp3) is 0.778. The maximum absolute atomic E-state index is 11.6. The van der Waals surface area contributed by atoms with Gasteiger partial charge in [0.2, 0.25) is 11.8 Å². The van der Waals surface area contributed by atoms with Gasteiger partial charge in [-0.1, -0.05) is 13.8 Å². The molecule has 0 aromatic heterocycles. The number of carbonyl (C=O) groups excluding carboxylic acids is 2. The zero-order valence-electron chi connectivity index (χ0n) is 8.12. The molecule has 1 saturated heterocycles. The zero-order valence-corrected chi connectivity index (χ0v) is 8.12. The molecule has 1 atom stereocenters. The Hall–Kier alpha value is -1.06. The van der Waals surface area contributed by atoms with Crippen LogP contribution in [0, 0.1) is 5.92 Å². The van der Waals surface area contributed by atoms with E-state index < -0.39 is 0 Å². The van der Waals surface area contributed by atoms with E-state index in [1.165, 1.54) is 0 Å². The van der Waals surface area contributed by atoms with Gasteiger partial charge in [0.05, 0.1) is 0 Å². The Labute approximate surface area is 78.1 Å². The summed E-state index contributed by atoms with van der Waals surface area (Å²) in [5, 5.41) is 0. The standard InChI is InChI=1S/C9H16N2O2/c1-6(2)9(13)11-5-3-4-7(11)8(10)12/h6-7H,3-5H2,1-2H3,(H2,10,12). The zero-order chi connectivity index (χ0) is 10.0. The second kappa shape index (κ2) is 3.77. The second-order valence-electron chi connectivity index (χ2n) is 3.75. The predicted octanol–water partition coefficient (Wildman–Crippen LogP) is 0.119. The molecule has 0 aromatic rings. The van der Waals surface area contributed by atoms with Gasteiger partial charge >= 0.3 is 0 Å². The third-order valence-electron chi connectivity index (χ3n) is 2.36. The quantitative estimate of drug-likeness (QED) is 0.662. The normalized spacial score (nSPS) is 22.4. The van der Waals surface area contributed by atoms with E-state index in [1.54, 1.807) is 4.90 Å². The Kier molecular flexibility index (Phi) is 2.90. The molecule has 0 radical (unpaired) electrons. The molecular formula is C9H16N2O2. The van der Waals surface area contributed by atoms with Gasteiger partial charge in [0.1, 0.15) is 6.04 Å². The van der Waals surface area contributed by atoms with Gasteiger partial charge in [0.25, 0.3) is 0 Å². The number of nitrogens with zero attached hydrogens (tertiary/aromatic N) is 1. The highest BCUT2D eigenvalue weighted by Crippen LogP contribution is 2.19. The van der Waals surface area contributed by atoms with E-state index in [0.717, 1.165) is 6.42 Å². The number of rotatable bonds is 2. The van der Waals surface area contributed by atoms with Gasteiger partial charge in [-0.2, -0.15) is 0 Å². The number of likely N-dealkylation sites (tertiary alicyclic amines) is 1. The maximum Gasteiger partial charge on any atom is 0.240 e. The molecule has 1 rings (SSSR count). The van der Waals surface area contributed by atoms with E-state index in [-0.39, 0.29) is 23.8 Å². The van der Waals surface area contributed by atoms with Gasteiger partial charge in [0, 0.05) is 12.5 Å². The summed E-state index contributed by atoms with van der Waals surface area (Å²) in [6.07, 6.45) is 1.60. The molecule has 0 aromatic carbocycles. The SMILES string of the molecule is CC(C)C(=O)N1CCCC1C(N)=O. The fourth-order valence-corrected chi connectivity index (χ4v) is 1.66. The molecule has 4 heteroatoms. The first-order valence-corrected chi connectivity index (χ1v) is 4.64. The van der Waals surface area contributed by atoms with Gasteiger partial charge in [-0.3, -0.25) is 9.59 Å². The lowest BCUT2D eigenvalue weighted by Gasteiger charge is -2.23. The average Bonchev–Trinajstić information content (AvgIpc) is 2.50. The second-order valence-corrected chi connectivity index (χ2v) is 3.75. The Morgan fingerprint density at radius 3 is 2.54 bits per heavy atom. The van der Waals surface area contributed by atoms with E-state index in [0.29, 0.717) is 13.0 Å². The minimum Gasteiger partial charge on any atom is -0.368 e. The highest BCUT2D eigenvalue weighted by atomic mass is 16.2. The van der Waals surface area contributed by atoms with E-state index >= 15 is 0 Å². The number of nitrogens with two attached hydrogens (primary N) is 1. The van der Waals surface area contributed by atoms with Crippen LogP contribution in [0.1, 0.15) is 26.7 Å². The van der Waals surface area contributed by atoms with Crippen molar-refractivity contribution in [1.82, 2.24) is 4.90 Å². The summed E-state index contributed by atoms with van der Waals surface area (Å²) in [5.74, 6) is -0.409. The largest absolute Gasteiger partial charge is 0.368 e. The van der Waals surface area contributed by atoms with Crippen LogP contribution in [0.25, 0.3) is 0 Å². The number of hydrogen-bond acceptors (Lipinski definition) is 2. The van der Waals surface area contributed by atoms with Crippen molar-refractivity contribution in [2.45, 2.75) is 32.7 Å². The molecule has 2 N–H and O–H groups in total. The Bertz CT molecular complexity index is 226.